The van der Waals surface area contributed by atoms with Crippen LogP contribution in [0.2, 0.25) is 0 Å². The van der Waals surface area contributed by atoms with Gasteiger partial charge in [-0.25, -0.2) is 4.79 Å². The Labute approximate surface area is 109 Å². The van der Waals surface area contributed by atoms with Crippen LogP contribution in [0.5, 0.6) is 0 Å². The van der Waals surface area contributed by atoms with Crippen molar-refractivity contribution in [2.45, 2.75) is 46.1 Å². The normalized spacial score (nSPS) is 28.3. The Morgan fingerprint density at radius 3 is 2.83 bits per heavy atom. The van der Waals surface area contributed by atoms with Gasteiger partial charge in [-0.1, -0.05) is 27.2 Å². The number of furan rings is 1. The second-order valence-corrected chi connectivity index (χ2v) is 5.78. The predicted octanol–water partition coefficient (Wildman–Crippen LogP) is 3.90. The summed E-state index contributed by atoms with van der Waals surface area (Å²) in [5.74, 6) is 1.42. The van der Waals surface area contributed by atoms with Gasteiger partial charge in [0.15, 0.2) is 0 Å². The lowest BCUT2D eigenvalue weighted by molar-refractivity contribution is -0.0174. The molecule has 0 aromatic carbocycles. The second kappa shape index (κ2) is 5.59. The summed E-state index contributed by atoms with van der Waals surface area (Å²) in [6, 6.07) is 1.65. The Hall–Kier alpha value is -1.25. The molecule has 2 rings (SSSR count). The quantitative estimate of drug-likeness (QED) is 0.764. The van der Waals surface area contributed by atoms with Crippen molar-refractivity contribution in [1.82, 2.24) is 0 Å². The zero-order valence-electron chi connectivity index (χ0n) is 11.4. The fraction of sp³-hybridized carbons (Fsp3) is 0.667. The molecule has 18 heavy (non-hydrogen) atoms. The van der Waals surface area contributed by atoms with E-state index in [-0.39, 0.29) is 12.1 Å². The van der Waals surface area contributed by atoms with Crippen molar-refractivity contribution in [3.05, 3.63) is 24.2 Å². The molecule has 3 heteroatoms. The van der Waals surface area contributed by atoms with Crippen molar-refractivity contribution in [3.8, 4) is 0 Å². The van der Waals surface area contributed by atoms with Gasteiger partial charge in [0.05, 0.1) is 11.8 Å². The highest BCUT2D eigenvalue weighted by atomic mass is 16.5. The lowest BCUT2D eigenvalue weighted by Gasteiger charge is -2.36. The van der Waals surface area contributed by atoms with Crippen LogP contribution in [0.1, 0.15) is 50.4 Å². The average Bonchev–Trinajstić information content (AvgIpc) is 2.81. The maximum absolute atomic E-state index is 12.0. The van der Waals surface area contributed by atoms with Gasteiger partial charge in [-0.15, -0.1) is 0 Å². The van der Waals surface area contributed by atoms with Crippen molar-refractivity contribution >= 4 is 5.97 Å². The van der Waals surface area contributed by atoms with Crippen LogP contribution in [-0.4, -0.2) is 12.1 Å². The molecule has 1 aromatic rings. The monoisotopic (exact) mass is 250 g/mol. The minimum absolute atomic E-state index is 0.0520. The fourth-order valence-corrected chi connectivity index (χ4v) is 2.84. The first-order valence-corrected chi connectivity index (χ1v) is 6.81. The molecule has 0 saturated heterocycles. The Morgan fingerprint density at radius 2 is 2.22 bits per heavy atom. The molecule has 100 valence electrons. The molecule has 3 atom stereocenters. The molecule has 3 nitrogen and oxygen atoms in total. The van der Waals surface area contributed by atoms with E-state index in [1.165, 1.54) is 18.9 Å². The van der Waals surface area contributed by atoms with Crippen LogP contribution in [0, 0.1) is 17.8 Å². The number of hydrogen-bond donors (Lipinski definition) is 0. The topological polar surface area (TPSA) is 39.4 Å². The van der Waals surface area contributed by atoms with Gasteiger partial charge in [0, 0.05) is 0 Å². The SMILES string of the molecule is CC(C)[C@@H]1CC[C@@H](C)C[C@H]1OC(=O)c1ccoc1. The van der Waals surface area contributed by atoms with Gasteiger partial charge >= 0.3 is 5.97 Å². The van der Waals surface area contributed by atoms with Crippen molar-refractivity contribution in [2.24, 2.45) is 17.8 Å². The molecule has 1 aliphatic carbocycles. The molecule has 1 fully saturated rings. The van der Waals surface area contributed by atoms with E-state index in [2.05, 4.69) is 20.8 Å². The number of ether oxygens (including phenoxy) is 1. The van der Waals surface area contributed by atoms with E-state index in [0.717, 1.165) is 12.8 Å². The third-order valence-corrected chi connectivity index (χ3v) is 3.98. The van der Waals surface area contributed by atoms with Gasteiger partial charge < -0.3 is 9.15 Å². The Kier molecular flexibility index (Phi) is 4.10. The number of esters is 1. The molecule has 0 N–H and O–H groups in total. The summed E-state index contributed by atoms with van der Waals surface area (Å²) < 4.78 is 10.6. The molecule has 1 aliphatic rings. The summed E-state index contributed by atoms with van der Waals surface area (Å²) in [6.45, 7) is 6.65. The lowest BCUT2D eigenvalue weighted by Crippen LogP contribution is -2.35. The summed E-state index contributed by atoms with van der Waals surface area (Å²) in [5.41, 5.74) is 0.510. The van der Waals surface area contributed by atoms with E-state index < -0.39 is 0 Å². The van der Waals surface area contributed by atoms with Crippen molar-refractivity contribution < 1.29 is 13.9 Å². The highest BCUT2D eigenvalue weighted by molar-refractivity contribution is 5.88. The number of hydrogen-bond acceptors (Lipinski definition) is 3. The van der Waals surface area contributed by atoms with Crippen molar-refractivity contribution in [2.75, 3.05) is 0 Å². The van der Waals surface area contributed by atoms with Gasteiger partial charge in [-0.2, -0.15) is 0 Å². The summed E-state index contributed by atoms with van der Waals surface area (Å²) in [6.07, 6.45) is 6.37. The molecule has 0 unspecified atom stereocenters. The molecule has 1 saturated carbocycles. The van der Waals surface area contributed by atoms with E-state index in [0.29, 0.717) is 23.3 Å². The number of carbonyl (C=O) groups excluding carboxylic acids is 1. The molecular weight excluding hydrogens is 228 g/mol. The molecule has 0 amide bonds. The van der Waals surface area contributed by atoms with Crippen LogP contribution in [0.25, 0.3) is 0 Å². The average molecular weight is 250 g/mol. The van der Waals surface area contributed by atoms with Crippen molar-refractivity contribution in [3.63, 3.8) is 0 Å². The smallest absolute Gasteiger partial charge is 0.341 e. The van der Waals surface area contributed by atoms with E-state index in [4.69, 9.17) is 9.15 Å². The number of carbonyl (C=O) groups is 1. The van der Waals surface area contributed by atoms with Gasteiger partial charge in [0.25, 0.3) is 0 Å². The minimum Gasteiger partial charge on any atom is -0.472 e. The van der Waals surface area contributed by atoms with E-state index >= 15 is 0 Å². The third-order valence-electron chi connectivity index (χ3n) is 3.98. The maximum atomic E-state index is 12.0. The Bertz CT molecular complexity index is 380. The first kappa shape index (κ1) is 13.2. The van der Waals surface area contributed by atoms with Crippen LogP contribution in [0.4, 0.5) is 0 Å². The molecule has 0 bridgehead atoms. The summed E-state index contributed by atoms with van der Waals surface area (Å²) >= 11 is 0. The predicted molar refractivity (Wildman–Crippen MR) is 69.3 cm³/mol. The summed E-state index contributed by atoms with van der Waals surface area (Å²) in [5, 5.41) is 0. The maximum Gasteiger partial charge on any atom is 0.341 e. The molecule has 1 heterocycles. The molecule has 1 aromatic heterocycles. The van der Waals surface area contributed by atoms with Crippen LogP contribution in [0.3, 0.4) is 0 Å². The van der Waals surface area contributed by atoms with Gasteiger partial charge in [0.1, 0.15) is 12.4 Å². The van der Waals surface area contributed by atoms with E-state index in [9.17, 15) is 4.79 Å². The summed E-state index contributed by atoms with van der Waals surface area (Å²) in [7, 11) is 0. The van der Waals surface area contributed by atoms with Gasteiger partial charge in [0.2, 0.25) is 0 Å². The lowest BCUT2D eigenvalue weighted by atomic mass is 9.75. The molecule has 0 aliphatic heterocycles. The van der Waals surface area contributed by atoms with E-state index in [1.54, 1.807) is 6.07 Å². The summed E-state index contributed by atoms with van der Waals surface area (Å²) in [4.78, 5) is 12.0. The third kappa shape index (κ3) is 2.95. The Balaban J connectivity index is 2.02. The van der Waals surface area contributed by atoms with Crippen LogP contribution in [0.15, 0.2) is 23.0 Å². The first-order valence-electron chi connectivity index (χ1n) is 6.81. The zero-order valence-corrected chi connectivity index (χ0v) is 11.4. The van der Waals surface area contributed by atoms with E-state index in [1.807, 2.05) is 0 Å². The molecule has 0 spiro atoms. The molecular formula is C15H22O3. The van der Waals surface area contributed by atoms with Crippen LogP contribution >= 0.6 is 0 Å². The van der Waals surface area contributed by atoms with Gasteiger partial charge in [-0.05, 0) is 36.7 Å². The largest absolute Gasteiger partial charge is 0.472 e. The van der Waals surface area contributed by atoms with Gasteiger partial charge in [-0.3, -0.25) is 0 Å². The fourth-order valence-electron chi connectivity index (χ4n) is 2.84. The Morgan fingerprint density at radius 1 is 1.44 bits per heavy atom. The van der Waals surface area contributed by atoms with Crippen molar-refractivity contribution in [1.29, 1.82) is 0 Å². The second-order valence-electron chi connectivity index (χ2n) is 5.78. The minimum atomic E-state index is -0.256. The highest BCUT2D eigenvalue weighted by Gasteiger charge is 2.33. The van der Waals surface area contributed by atoms with Crippen LogP contribution < -0.4 is 0 Å². The highest BCUT2D eigenvalue weighted by Crippen LogP contribution is 2.35. The number of rotatable bonds is 3. The van der Waals surface area contributed by atoms with Crippen LogP contribution in [-0.2, 0) is 4.74 Å². The molecule has 0 radical (unpaired) electrons. The standard InChI is InChI=1S/C15H22O3/c1-10(2)13-5-4-11(3)8-14(13)18-15(16)12-6-7-17-9-12/h6-7,9-11,13-14H,4-5,8H2,1-3H3/t11-,13+,14-/m1/s1. The zero-order chi connectivity index (χ0) is 13.1. The first-order chi connectivity index (χ1) is 8.58.